The largest absolute Gasteiger partial charge is 0.488 e. The number of carbonyl (C=O) groups excluding carboxylic acids is 4. The number of ether oxygens (including phenoxy) is 1. The van der Waals surface area contributed by atoms with Crippen molar-refractivity contribution in [3.05, 3.63) is 76.9 Å². The van der Waals surface area contributed by atoms with Crippen LogP contribution in [0.15, 0.2) is 59.6 Å². The molecule has 4 fully saturated rings. The first-order valence-electron chi connectivity index (χ1n) is 21.4. The Balaban J connectivity index is 0.826. The van der Waals surface area contributed by atoms with Crippen molar-refractivity contribution in [3.63, 3.8) is 0 Å². The summed E-state index contributed by atoms with van der Waals surface area (Å²) in [5.74, 6) is 0.329. The number of nitrogens with zero attached hydrogens (tertiary/aromatic N) is 7. The van der Waals surface area contributed by atoms with E-state index >= 15 is 0 Å². The number of nitrogens with one attached hydrogen (secondary N) is 2. The number of piperidine rings is 2. The van der Waals surface area contributed by atoms with Gasteiger partial charge >= 0.3 is 0 Å². The second kappa shape index (κ2) is 15.0. The summed E-state index contributed by atoms with van der Waals surface area (Å²) in [6.45, 7) is 16.4. The predicted molar refractivity (Wildman–Crippen MR) is 226 cm³/mol. The van der Waals surface area contributed by atoms with Crippen molar-refractivity contribution < 1.29 is 23.9 Å². The molecule has 6 aliphatic rings. The molecule has 6 heterocycles. The molecule has 0 bridgehead atoms. The van der Waals surface area contributed by atoms with Crippen LogP contribution in [0.5, 0.6) is 5.75 Å². The number of imide groups is 2. The van der Waals surface area contributed by atoms with Crippen molar-refractivity contribution >= 4 is 46.4 Å². The van der Waals surface area contributed by atoms with Crippen LogP contribution in [0.4, 0.5) is 5.69 Å². The number of hydrogen-bond acceptors (Lipinski definition) is 12. The molecule has 0 radical (unpaired) electrons. The molecule has 1 saturated carbocycles. The Morgan fingerprint density at radius 2 is 1.82 bits per heavy atom. The van der Waals surface area contributed by atoms with Crippen LogP contribution in [-0.2, 0) is 15.0 Å². The zero-order chi connectivity index (χ0) is 42.1. The molecule has 5 atom stereocenters. The van der Waals surface area contributed by atoms with E-state index in [1.807, 2.05) is 24.5 Å². The van der Waals surface area contributed by atoms with Crippen molar-refractivity contribution in [1.29, 1.82) is 5.26 Å². The van der Waals surface area contributed by atoms with E-state index in [4.69, 9.17) is 9.73 Å². The summed E-state index contributed by atoms with van der Waals surface area (Å²) in [7, 11) is 0. The van der Waals surface area contributed by atoms with Gasteiger partial charge in [0.05, 0.1) is 27.6 Å². The third kappa shape index (κ3) is 6.31. The molecule has 5 aliphatic heterocycles. The van der Waals surface area contributed by atoms with Gasteiger partial charge in [-0.25, -0.2) is 4.99 Å². The molecule has 60 heavy (non-hydrogen) atoms. The summed E-state index contributed by atoms with van der Waals surface area (Å²) in [4.78, 5) is 68.7. The number of carbonyl (C=O) groups is 4. The maximum Gasteiger partial charge on any atom is 0.262 e. The van der Waals surface area contributed by atoms with Crippen molar-refractivity contribution in [2.75, 3.05) is 44.2 Å². The molecule has 9 rings (SSSR count). The van der Waals surface area contributed by atoms with Crippen LogP contribution < -0.4 is 20.3 Å². The molecule has 3 unspecified atom stereocenters. The molecule has 2 N–H and O–H groups in total. The Kier molecular flexibility index (Phi) is 9.93. The average molecular weight is 812 g/mol. The first kappa shape index (κ1) is 39.6. The Labute approximate surface area is 350 Å². The normalized spacial score (nSPS) is 28.0. The van der Waals surface area contributed by atoms with Crippen molar-refractivity contribution in [3.8, 4) is 11.8 Å². The number of piperazine rings is 1. The molecule has 3 aromatic rings. The topological polar surface area (TPSA) is 164 Å². The molecule has 2 aromatic carbocycles. The number of pyridine rings is 1. The summed E-state index contributed by atoms with van der Waals surface area (Å²) >= 11 is 0. The number of aliphatic imine (C=N–C) groups is 1. The minimum atomic E-state index is -0.977. The van der Waals surface area contributed by atoms with Gasteiger partial charge < -0.3 is 19.9 Å². The number of hydrogen-bond donors (Lipinski definition) is 2. The lowest BCUT2D eigenvalue weighted by Gasteiger charge is -2.66. The molecular formula is C46H53N9O5. The van der Waals surface area contributed by atoms with E-state index in [2.05, 4.69) is 83.3 Å². The summed E-state index contributed by atoms with van der Waals surface area (Å²) in [6, 6.07) is 12.9. The quantitative estimate of drug-likeness (QED) is 0.227. The number of anilines is 1. The maximum atomic E-state index is 13.5. The third-order valence-electron chi connectivity index (χ3n) is 14.1. The summed E-state index contributed by atoms with van der Waals surface area (Å²) in [6.07, 6.45) is 9.05. The fraction of sp³-hybridized carbons (Fsp3) is 0.500. The van der Waals surface area contributed by atoms with Crippen LogP contribution in [0, 0.1) is 22.7 Å². The highest BCUT2D eigenvalue weighted by Gasteiger charge is 2.68. The van der Waals surface area contributed by atoms with E-state index in [1.165, 1.54) is 0 Å². The average Bonchev–Trinajstić information content (AvgIpc) is 3.49. The molecule has 14 nitrogen and oxygen atoms in total. The van der Waals surface area contributed by atoms with Crippen LogP contribution in [0.25, 0.3) is 10.9 Å². The maximum absolute atomic E-state index is 13.5. The van der Waals surface area contributed by atoms with E-state index in [-0.39, 0.29) is 47.8 Å². The molecule has 3 saturated heterocycles. The van der Waals surface area contributed by atoms with Gasteiger partial charge in [-0.1, -0.05) is 20.8 Å². The summed E-state index contributed by atoms with van der Waals surface area (Å²) < 4.78 is 6.70. The van der Waals surface area contributed by atoms with Gasteiger partial charge in [0, 0.05) is 92.9 Å². The summed E-state index contributed by atoms with van der Waals surface area (Å²) in [5.41, 5.74) is 3.37. The Bertz CT molecular complexity index is 2400. The van der Waals surface area contributed by atoms with Gasteiger partial charge in [-0.2, -0.15) is 5.26 Å². The lowest BCUT2D eigenvalue weighted by molar-refractivity contribution is -0.136. The fourth-order valence-corrected chi connectivity index (χ4v) is 11.1. The molecule has 4 amide bonds. The molecule has 1 aromatic heterocycles. The highest BCUT2D eigenvalue weighted by Crippen LogP contribution is 2.61. The second-order valence-corrected chi connectivity index (χ2v) is 18.1. The summed E-state index contributed by atoms with van der Waals surface area (Å²) in [5, 5.41) is 16.8. The zero-order valence-corrected chi connectivity index (χ0v) is 35.0. The highest BCUT2D eigenvalue weighted by atomic mass is 16.5. The number of likely N-dealkylation sites (tertiary alicyclic amines) is 1. The standard InChI is InChI=1S/C46H53N9O5/c1-6-16-48-36(24-50-43-45(3,4)44-46(43,5)33-13-17-49-39-29(23-47)7-11-35(60-44)38(33)39)52-18-14-28(15-19-52)26-53-20-21-54(25-27(53)2)30-8-9-31-32(22-30)42(59)55(41(31)58)34-10-12-37(56)51-40(34)57/h7-9,11,13,16-17,22,24,27-28,34,43-44,50H,6,10,12,14-15,18-21,25-26H2,1-5H3,(H,51,56,57)/b36-24+,48-16?/t27-,34?,43?,44-,46?/m0/s1. The van der Waals surface area contributed by atoms with E-state index in [9.17, 15) is 24.4 Å². The Morgan fingerprint density at radius 3 is 2.55 bits per heavy atom. The van der Waals surface area contributed by atoms with Crippen LogP contribution in [-0.4, -0.2) is 113 Å². The van der Waals surface area contributed by atoms with Gasteiger partial charge in [0.1, 0.15) is 29.8 Å². The Hall–Kier alpha value is -5.81. The Morgan fingerprint density at radius 1 is 1.03 bits per heavy atom. The SMILES string of the molecule is CCC=N/C(=C\NC1C(C)(C)[C@@H]2Oc3ccc(C#N)c4nccc(c34)C12C)N1CCC(CN2CCN(c3ccc4c(c3)C(=O)N(C3CCC(=O)NC3=O)C4=O)C[C@@H]2C)CC1. The number of rotatable bonds is 9. The smallest absolute Gasteiger partial charge is 0.262 e. The second-order valence-electron chi connectivity index (χ2n) is 18.1. The van der Waals surface area contributed by atoms with Gasteiger partial charge in [-0.05, 0) is 87.4 Å². The van der Waals surface area contributed by atoms with Crippen molar-refractivity contribution in [2.24, 2.45) is 16.3 Å². The van der Waals surface area contributed by atoms with Gasteiger partial charge in [0.25, 0.3) is 11.8 Å². The van der Waals surface area contributed by atoms with Crippen molar-refractivity contribution in [1.82, 2.24) is 30.3 Å². The molecule has 1 aliphatic carbocycles. The monoisotopic (exact) mass is 811 g/mol. The van der Waals surface area contributed by atoms with Crippen molar-refractivity contribution in [2.45, 2.75) is 96.4 Å². The van der Waals surface area contributed by atoms with E-state index < -0.39 is 23.8 Å². The van der Waals surface area contributed by atoms with Gasteiger partial charge in [0.2, 0.25) is 11.8 Å². The van der Waals surface area contributed by atoms with Gasteiger partial charge in [0.15, 0.2) is 0 Å². The highest BCUT2D eigenvalue weighted by molar-refractivity contribution is 6.23. The first-order valence-corrected chi connectivity index (χ1v) is 21.4. The lowest BCUT2D eigenvalue weighted by Crippen LogP contribution is -2.77. The van der Waals surface area contributed by atoms with E-state index in [1.54, 1.807) is 18.2 Å². The number of amides is 4. The van der Waals surface area contributed by atoms with Crippen LogP contribution >= 0.6 is 0 Å². The molecule has 312 valence electrons. The molecular weight excluding hydrogens is 759 g/mol. The number of fused-ring (bicyclic) bond motifs is 3. The van der Waals surface area contributed by atoms with Crippen LogP contribution in [0.1, 0.15) is 98.6 Å². The number of aromatic nitrogens is 1. The van der Waals surface area contributed by atoms with Gasteiger partial charge in [-0.15, -0.1) is 0 Å². The third-order valence-corrected chi connectivity index (χ3v) is 14.1. The minimum absolute atomic E-state index is 0.0503. The van der Waals surface area contributed by atoms with Gasteiger partial charge in [-0.3, -0.25) is 39.3 Å². The zero-order valence-electron chi connectivity index (χ0n) is 35.0. The minimum Gasteiger partial charge on any atom is -0.488 e. The first-order chi connectivity index (χ1) is 28.8. The van der Waals surface area contributed by atoms with Crippen LogP contribution in [0.2, 0.25) is 0 Å². The predicted octanol–water partition coefficient (Wildman–Crippen LogP) is 4.73. The molecule has 0 spiro atoms. The van der Waals surface area contributed by atoms with E-state index in [0.29, 0.717) is 28.1 Å². The number of nitriles is 1. The number of benzene rings is 2. The van der Waals surface area contributed by atoms with E-state index in [0.717, 1.165) is 91.6 Å². The van der Waals surface area contributed by atoms with Crippen LogP contribution in [0.3, 0.4) is 0 Å². The molecule has 14 heteroatoms. The lowest BCUT2D eigenvalue weighted by atomic mass is 9.45. The fourth-order valence-electron chi connectivity index (χ4n) is 11.1.